The molecule has 3 saturated heterocycles. The van der Waals surface area contributed by atoms with Gasteiger partial charge < -0.3 is 19.6 Å². The summed E-state index contributed by atoms with van der Waals surface area (Å²) >= 11 is 0. The van der Waals surface area contributed by atoms with Gasteiger partial charge in [-0.2, -0.15) is 0 Å². The van der Waals surface area contributed by atoms with E-state index in [0.717, 1.165) is 38.9 Å². The van der Waals surface area contributed by atoms with Gasteiger partial charge in [-0.05, 0) is 32.3 Å². The van der Waals surface area contributed by atoms with Gasteiger partial charge in [0, 0.05) is 71.2 Å². The largest absolute Gasteiger partial charge is 0.342 e. The SMILES string of the molecule is CCN1CC[C@]2(CN(c3ncccn3)CC23CCN(C(=O)N(C)C)CC3)C1=O. The van der Waals surface area contributed by atoms with E-state index in [1.807, 2.05) is 15.9 Å². The van der Waals surface area contributed by atoms with Crippen LogP contribution in [0.4, 0.5) is 10.7 Å². The van der Waals surface area contributed by atoms with Crippen LogP contribution in [0.3, 0.4) is 0 Å². The first-order valence-corrected chi connectivity index (χ1v) is 10.2. The molecule has 3 aliphatic rings. The van der Waals surface area contributed by atoms with Crippen LogP contribution < -0.4 is 4.90 Å². The molecule has 0 radical (unpaired) electrons. The predicted molar refractivity (Wildman–Crippen MR) is 106 cm³/mol. The standard InChI is InChI=1S/C20H30N6O2/c1-4-24-13-8-20(16(24)27)15-26(17-21-9-5-10-22-17)14-19(20)6-11-25(12-7-19)18(28)23(2)3/h5,9-10H,4,6-8,11-15H2,1-3H3/t20-/m0/s1. The zero-order valence-corrected chi connectivity index (χ0v) is 17.1. The van der Waals surface area contributed by atoms with Crippen molar-refractivity contribution in [1.29, 1.82) is 0 Å². The van der Waals surface area contributed by atoms with Crippen LogP contribution in [-0.4, -0.2) is 90.0 Å². The Balaban J connectivity index is 1.64. The highest BCUT2D eigenvalue weighted by Crippen LogP contribution is 2.58. The van der Waals surface area contributed by atoms with Gasteiger partial charge in [0.2, 0.25) is 11.9 Å². The van der Waals surface area contributed by atoms with Gasteiger partial charge in [-0.3, -0.25) is 4.79 Å². The molecule has 0 N–H and O–H groups in total. The number of urea groups is 1. The van der Waals surface area contributed by atoms with Crippen molar-refractivity contribution >= 4 is 17.9 Å². The fourth-order valence-corrected chi connectivity index (χ4v) is 5.48. The highest BCUT2D eigenvalue weighted by atomic mass is 16.2. The Kier molecular flexibility index (Phi) is 4.67. The number of likely N-dealkylation sites (tertiary alicyclic amines) is 2. The van der Waals surface area contributed by atoms with Gasteiger partial charge in [-0.25, -0.2) is 14.8 Å². The third kappa shape index (κ3) is 2.72. The van der Waals surface area contributed by atoms with Crippen molar-refractivity contribution in [3.05, 3.63) is 18.5 Å². The smallest absolute Gasteiger partial charge is 0.319 e. The summed E-state index contributed by atoms with van der Waals surface area (Å²) in [5.41, 5.74) is -0.522. The van der Waals surface area contributed by atoms with Crippen LogP contribution in [0.1, 0.15) is 26.2 Å². The molecule has 152 valence electrons. The molecule has 3 amide bonds. The van der Waals surface area contributed by atoms with Crippen LogP contribution >= 0.6 is 0 Å². The minimum absolute atomic E-state index is 0.0538. The predicted octanol–water partition coefficient (Wildman–Crippen LogP) is 1.30. The van der Waals surface area contributed by atoms with Gasteiger partial charge in [0.1, 0.15) is 0 Å². The molecule has 0 bridgehead atoms. The molecule has 3 fully saturated rings. The Morgan fingerprint density at radius 3 is 2.36 bits per heavy atom. The molecule has 0 aliphatic carbocycles. The van der Waals surface area contributed by atoms with Crippen LogP contribution in [0, 0.1) is 10.8 Å². The van der Waals surface area contributed by atoms with Crippen LogP contribution in [0.2, 0.25) is 0 Å². The Labute approximate surface area is 166 Å². The molecule has 1 aromatic rings. The van der Waals surface area contributed by atoms with E-state index in [0.29, 0.717) is 25.6 Å². The monoisotopic (exact) mass is 386 g/mol. The normalized spacial score (nSPS) is 26.5. The van der Waals surface area contributed by atoms with Crippen molar-refractivity contribution in [2.75, 3.05) is 58.3 Å². The lowest BCUT2D eigenvalue weighted by atomic mass is 9.60. The molecule has 4 heterocycles. The number of carbonyl (C=O) groups excluding carboxylic acids is 2. The minimum atomic E-state index is -0.393. The minimum Gasteiger partial charge on any atom is -0.342 e. The number of carbonyl (C=O) groups is 2. The molecule has 28 heavy (non-hydrogen) atoms. The maximum Gasteiger partial charge on any atom is 0.319 e. The molecular formula is C20H30N6O2. The third-order valence-corrected chi connectivity index (χ3v) is 7.06. The number of rotatable bonds is 2. The van der Waals surface area contributed by atoms with Crippen LogP contribution in [0.25, 0.3) is 0 Å². The first kappa shape index (κ1) is 19.0. The Bertz CT molecular complexity index is 746. The van der Waals surface area contributed by atoms with E-state index in [4.69, 9.17) is 0 Å². The van der Waals surface area contributed by atoms with Crippen LogP contribution in [0.5, 0.6) is 0 Å². The van der Waals surface area contributed by atoms with Crippen molar-refractivity contribution in [3.8, 4) is 0 Å². The molecule has 0 aromatic carbocycles. The summed E-state index contributed by atoms with van der Waals surface area (Å²) in [6, 6.07) is 1.87. The van der Waals surface area contributed by atoms with Crippen molar-refractivity contribution in [1.82, 2.24) is 24.7 Å². The number of piperidine rings is 1. The average molecular weight is 387 g/mol. The number of hydrogen-bond donors (Lipinski definition) is 0. The van der Waals surface area contributed by atoms with Gasteiger partial charge in [0.15, 0.2) is 0 Å². The summed E-state index contributed by atoms with van der Waals surface area (Å²) < 4.78 is 0. The second-order valence-electron chi connectivity index (χ2n) is 8.57. The molecule has 1 atom stereocenters. The highest BCUT2D eigenvalue weighted by Gasteiger charge is 2.65. The third-order valence-electron chi connectivity index (χ3n) is 7.06. The molecule has 4 rings (SSSR count). The zero-order chi connectivity index (χ0) is 19.9. The number of nitrogens with zero attached hydrogens (tertiary/aromatic N) is 6. The van der Waals surface area contributed by atoms with Gasteiger partial charge >= 0.3 is 6.03 Å². The van der Waals surface area contributed by atoms with E-state index < -0.39 is 5.41 Å². The number of fused-ring (bicyclic) bond motifs is 1. The van der Waals surface area contributed by atoms with Crippen LogP contribution in [0.15, 0.2) is 18.5 Å². The van der Waals surface area contributed by atoms with E-state index in [2.05, 4.69) is 21.8 Å². The molecule has 8 nitrogen and oxygen atoms in total. The fourth-order valence-electron chi connectivity index (χ4n) is 5.48. The Morgan fingerprint density at radius 1 is 1.11 bits per heavy atom. The molecule has 1 aromatic heterocycles. The topological polar surface area (TPSA) is 72.9 Å². The summed E-state index contributed by atoms with van der Waals surface area (Å²) in [4.78, 5) is 42.5. The highest BCUT2D eigenvalue weighted by molar-refractivity contribution is 5.87. The van der Waals surface area contributed by atoms with E-state index in [1.54, 1.807) is 31.4 Å². The maximum atomic E-state index is 13.5. The van der Waals surface area contributed by atoms with E-state index >= 15 is 0 Å². The van der Waals surface area contributed by atoms with E-state index in [9.17, 15) is 9.59 Å². The van der Waals surface area contributed by atoms with Crippen molar-refractivity contribution < 1.29 is 9.59 Å². The number of hydrogen-bond acceptors (Lipinski definition) is 5. The molecule has 0 unspecified atom stereocenters. The lowest BCUT2D eigenvalue weighted by Crippen LogP contribution is -2.54. The Hall–Kier alpha value is -2.38. The van der Waals surface area contributed by atoms with Gasteiger partial charge in [-0.1, -0.05) is 0 Å². The van der Waals surface area contributed by atoms with Gasteiger partial charge in [0.05, 0.1) is 5.41 Å². The quantitative estimate of drug-likeness (QED) is 0.766. The summed E-state index contributed by atoms with van der Waals surface area (Å²) in [5.74, 6) is 0.981. The van der Waals surface area contributed by atoms with Crippen molar-refractivity contribution in [2.45, 2.75) is 26.2 Å². The number of anilines is 1. The number of aromatic nitrogens is 2. The molecule has 3 aliphatic heterocycles. The molecule has 2 spiro atoms. The van der Waals surface area contributed by atoms with Gasteiger partial charge in [0.25, 0.3) is 0 Å². The summed E-state index contributed by atoms with van der Waals surface area (Å²) in [5, 5.41) is 0. The van der Waals surface area contributed by atoms with Crippen molar-refractivity contribution in [2.24, 2.45) is 10.8 Å². The summed E-state index contributed by atoms with van der Waals surface area (Å²) in [6.07, 6.45) is 6.09. The first-order chi connectivity index (χ1) is 13.4. The maximum absolute atomic E-state index is 13.5. The van der Waals surface area contributed by atoms with E-state index in [-0.39, 0.29) is 17.4 Å². The lowest BCUT2D eigenvalue weighted by molar-refractivity contribution is -0.141. The second kappa shape index (κ2) is 6.90. The fraction of sp³-hybridized carbons (Fsp3) is 0.700. The summed E-state index contributed by atoms with van der Waals surface area (Å²) in [7, 11) is 3.58. The average Bonchev–Trinajstić information content (AvgIpc) is 3.21. The van der Waals surface area contributed by atoms with Gasteiger partial charge in [-0.15, -0.1) is 0 Å². The molecule has 8 heteroatoms. The number of amides is 3. The second-order valence-corrected chi connectivity index (χ2v) is 8.57. The van der Waals surface area contributed by atoms with Crippen LogP contribution in [-0.2, 0) is 4.79 Å². The zero-order valence-electron chi connectivity index (χ0n) is 17.1. The molecular weight excluding hydrogens is 356 g/mol. The van der Waals surface area contributed by atoms with E-state index in [1.165, 1.54) is 0 Å². The first-order valence-electron chi connectivity index (χ1n) is 10.2. The lowest BCUT2D eigenvalue weighted by Gasteiger charge is -2.47. The Morgan fingerprint density at radius 2 is 1.79 bits per heavy atom. The molecule has 0 saturated carbocycles. The summed E-state index contributed by atoms with van der Waals surface area (Å²) in [6.45, 7) is 6.47. The van der Waals surface area contributed by atoms with Crippen molar-refractivity contribution in [3.63, 3.8) is 0 Å².